The first-order valence-electron chi connectivity index (χ1n) is 9.89. The third-order valence-electron chi connectivity index (χ3n) is 4.55. The molecule has 0 unspecified atom stereocenters. The Bertz CT molecular complexity index is 1090. The molecular weight excluding hydrogens is 413 g/mol. The number of aryl methyl sites for hydroxylation is 1. The predicted octanol–water partition coefficient (Wildman–Crippen LogP) is 3.84. The van der Waals surface area contributed by atoms with E-state index in [2.05, 4.69) is 30.6 Å². The number of carbonyl (C=O) groups is 1. The number of ether oxygens (including phenoxy) is 1. The molecule has 0 saturated heterocycles. The number of nitrogens with zero attached hydrogens (tertiary/aromatic N) is 4. The minimum atomic E-state index is -4.78. The number of amides is 1. The van der Waals surface area contributed by atoms with Crippen LogP contribution in [0.3, 0.4) is 0 Å². The van der Waals surface area contributed by atoms with Crippen LogP contribution in [0.4, 0.5) is 19.0 Å². The first kappa shape index (κ1) is 22.6. The van der Waals surface area contributed by atoms with E-state index in [0.717, 1.165) is 12.8 Å². The summed E-state index contributed by atoms with van der Waals surface area (Å²) in [5.74, 6) is 0.663. The van der Waals surface area contributed by atoms with Crippen molar-refractivity contribution in [3.8, 4) is 5.75 Å². The van der Waals surface area contributed by atoms with Gasteiger partial charge < -0.3 is 15.4 Å². The smallest absolute Gasteiger partial charge is 0.406 e. The van der Waals surface area contributed by atoms with Crippen molar-refractivity contribution in [2.24, 2.45) is 5.41 Å². The van der Waals surface area contributed by atoms with E-state index in [0.29, 0.717) is 41.4 Å². The molecule has 1 amide bonds. The number of alkyl halides is 3. The molecule has 0 bridgehead atoms. The van der Waals surface area contributed by atoms with Crippen molar-refractivity contribution in [2.75, 3.05) is 18.4 Å². The molecule has 2 heterocycles. The molecular formula is C20H25F3N6O2. The maximum Gasteiger partial charge on any atom is 0.573 e. The van der Waals surface area contributed by atoms with Crippen LogP contribution in [0.5, 0.6) is 5.75 Å². The van der Waals surface area contributed by atoms with Crippen molar-refractivity contribution >= 4 is 28.4 Å². The molecule has 11 heteroatoms. The van der Waals surface area contributed by atoms with Crippen LogP contribution in [-0.4, -0.2) is 44.9 Å². The minimum Gasteiger partial charge on any atom is -0.406 e. The molecule has 168 valence electrons. The van der Waals surface area contributed by atoms with Crippen LogP contribution in [0.15, 0.2) is 18.2 Å². The number of hydrogen-bond donors (Lipinski definition) is 2. The van der Waals surface area contributed by atoms with Gasteiger partial charge in [0.15, 0.2) is 5.82 Å². The van der Waals surface area contributed by atoms with Gasteiger partial charge >= 0.3 is 6.36 Å². The molecule has 0 aliphatic rings. The van der Waals surface area contributed by atoms with E-state index in [1.54, 1.807) is 11.3 Å². The molecule has 0 spiro atoms. The van der Waals surface area contributed by atoms with Crippen molar-refractivity contribution in [2.45, 2.75) is 46.9 Å². The summed E-state index contributed by atoms with van der Waals surface area (Å²) in [4.78, 5) is 16.4. The summed E-state index contributed by atoms with van der Waals surface area (Å²) in [5.41, 5.74) is 0.879. The maximum atomic E-state index is 12.6. The summed E-state index contributed by atoms with van der Waals surface area (Å²) in [7, 11) is 0. The van der Waals surface area contributed by atoms with Gasteiger partial charge in [0.25, 0.3) is 0 Å². The Morgan fingerprint density at radius 3 is 2.52 bits per heavy atom. The van der Waals surface area contributed by atoms with Crippen molar-refractivity contribution in [1.82, 2.24) is 24.9 Å². The fourth-order valence-electron chi connectivity index (χ4n) is 2.99. The van der Waals surface area contributed by atoms with Gasteiger partial charge in [0.2, 0.25) is 11.6 Å². The average Bonchev–Trinajstić information content (AvgIpc) is 3.04. The second kappa shape index (κ2) is 8.56. The highest BCUT2D eigenvalue weighted by atomic mass is 19.4. The maximum absolute atomic E-state index is 12.6. The van der Waals surface area contributed by atoms with Gasteiger partial charge in [-0.1, -0.05) is 20.8 Å². The van der Waals surface area contributed by atoms with Crippen LogP contribution >= 0.6 is 0 Å². The molecule has 0 aliphatic carbocycles. The monoisotopic (exact) mass is 438 g/mol. The zero-order valence-electron chi connectivity index (χ0n) is 17.8. The number of hydrogen-bond acceptors (Lipinski definition) is 6. The minimum absolute atomic E-state index is 0.00571. The molecule has 1 aromatic carbocycles. The van der Waals surface area contributed by atoms with Gasteiger partial charge in [-0.05, 0) is 31.9 Å². The van der Waals surface area contributed by atoms with Crippen molar-refractivity contribution in [3.63, 3.8) is 0 Å². The Labute approximate surface area is 177 Å². The predicted molar refractivity (Wildman–Crippen MR) is 110 cm³/mol. The summed E-state index contributed by atoms with van der Waals surface area (Å²) in [6.07, 6.45) is -3.22. The number of halogens is 3. The summed E-state index contributed by atoms with van der Waals surface area (Å²) in [6.45, 7) is 8.45. The zero-order valence-corrected chi connectivity index (χ0v) is 17.8. The molecule has 3 rings (SSSR count). The standard InChI is InChI=1S/C20H25F3N6O2/c1-12-27-28-17-16(24-9-5-6-10-25-18(30)19(2,3)4)26-14-8-7-13(31-20(21,22)23)11-15(14)29(12)17/h7-8,11H,5-6,9-10H2,1-4H3,(H,24,26)(H,25,30). The summed E-state index contributed by atoms with van der Waals surface area (Å²) >= 11 is 0. The van der Waals surface area contributed by atoms with Crippen LogP contribution in [0.1, 0.15) is 39.4 Å². The topological polar surface area (TPSA) is 93.4 Å². The van der Waals surface area contributed by atoms with Gasteiger partial charge in [0, 0.05) is 24.6 Å². The molecule has 0 aliphatic heterocycles. The Morgan fingerprint density at radius 2 is 1.84 bits per heavy atom. The largest absolute Gasteiger partial charge is 0.573 e. The quantitative estimate of drug-likeness (QED) is 0.545. The molecule has 2 N–H and O–H groups in total. The molecule has 2 aromatic heterocycles. The second-order valence-corrected chi connectivity index (χ2v) is 8.20. The summed E-state index contributed by atoms with van der Waals surface area (Å²) in [6, 6.07) is 3.94. The van der Waals surface area contributed by atoms with E-state index in [-0.39, 0.29) is 11.7 Å². The number of carbonyl (C=O) groups excluding carboxylic acids is 1. The Morgan fingerprint density at radius 1 is 1.13 bits per heavy atom. The van der Waals surface area contributed by atoms with E-state index in [1.807, 2.05) is 20.8 Å². The highest BCUT2D eigenvalue weighted by Crippen LogP contribution is 2.28. The van der Waals surface area contributed by atoms with Gasteiger partial charge in [-0.3, -0.25) is 9.20 Å². The Balaban J connectivity index is 1.71. The summed E-state index contributed by atoms with van der Waals surface area (Å²) < 4.78 is 43.4. The van der Waals surface area contributed by atoms with Crippen molar-refractivity contribution < 1.29 is 22.7 Å². The first-order valence-corrected chi connectivity index (χ1v) is 9.89. The molecule has 3 aromatic rings. The highest BCUT2D eigenvalue weighted by molar-refractivity contribution is 5.84. The SMILES string of the molecule is Cc1nnc2c(NCCCCNC(=O)C(C)(C)C)nc3ccc(OC(F)(F)F)cc3n12. The van der Waals surface area contributed by atoms with E-state index >= 15 is 0 Å². The molecule has 8 nitrogen and oxygen atoms in total. The van der Waals surface area contributed by atoms with E-state index in [4.69, 9.17) is 0 Å². The van der Waals surface area contributed by atoms with Crippen LogP contribution in [-0.2, 0) is 4.79 Å². The van der Waals surface area contributed by atoms with Gasteiger partial charge in [0.1, 0.15) is 11.6 Å². The van der Waals surface area contributed by atoms with Gasteiger partial charge in [0.05, 0.1) is 11.0 Å². The highest BCUT2D eigenvalue weighted by Gasteiger charge is 2.31. The molecule has 31 heavy (non-hydrogen) atoms. The second-order valence-electron chi connectivity index (χ2n) is 8.20. The summed E-state index contributed by atoms with van der Waals surface area (Å²) in [5, 5.41) is 14.2. The van der Waals surface area contributed by atoms with Crippen LogP contribution in [0.2, 0.25) is 0 Å². The number of aromatic nitrogens is 4. The molecule has 0 atom stereocenters. The van der Waals surface area contributed by atoms with Gasteiger partial charge in [-0.15, -0.1) is 23.4 Å². The number of nitrogens with one attached hydrogen (secondary N) is 2. The van der Waals surface area contributed by atoms with Gasteiger partial charge in [-0.2, -0.15) is 0 Å². The lowest BCUT2D eigenvalue weighted by molar-refractivity contribution is -0.274. The lowest BCUT2D eigenvalue weighted by Gasteiger charge is -2.17. The average molecular weight is 438 g/mol. The third-order valence-corrected chi connectivity index (χ3v) is 4.55. The third kappa shape index (κ3) is 5.53. The van der Waals surface area contributed by atoms with Crippen molar-refractivity contribution in [1.29, 1.82) is 0 Å². The van der Waals surface area contributed by atoms with Crippen LogP contribution in [0, 0.1) is 12.3 Å². The fourth-order valence-corrected chi connectivity index (χ4v) is 2.99. The molecule has 0 radical (unpaired) electrons. The van der Waals surface area contributed by atoms with Gasteiger partial charge in [-0.25, -0.2) is 4.98 Å². The number of anilines is 1. The van der Waals surface area contributed by atoms with E-state index < -0.39 is 11.8 Å². The molecule has 0 saturated carbocycles. The number of fused-ring (bicyclic) bond motifs is 3. The lowest BCUT2D eigenvalue weighted by Crippen LogP contribution is -2.35. The van der Waals surface area contributed by atoms with Crippen LogP contribution < -0.4 is 15.4 Å². The normalized spacial score (nSPS) is 12.4. The first-order chi connectivity index (χ1) is 14.5. The Kier molecular flexibility index (Phi) is 6.23. The zero-order chi connectivity index (χ0) is 22.8. The lowest BCUT2D eigenvalue weighted by atomic mass is 9.96. The van der Waals surface area contributed by atoms with E-state index in [9.17, 15) is 18.0 Å². The number of unbranched alkanes of at least 4 members (excludes halogenated alkanes) is 1. The Hall–Kier alpha value is -3.11. The van der Waals surface area contributed by atoms with Crippen LogP contribution in [0.25, 0.3) is 16.7 Å². The van der Waals surface area contributed by atoms with Crippen molar-refractivity contribution in [3.05, 3.63) is 24.0 Å². The number of rotatable bonds is 7. The fraction of sp³-hybridized carbons (Fsp3) is 0.500. The van der Waals surface area contributed by atoms with E-state index in [1.165, 1.54) is 18.2 Å². The number of benzene rings is 1. The molecule has 0 fully saturated rings.